The van der Waals surface area contributed by atoms with Crippen LogP contribution in [0.4, 0.5) is 0 Å². The molecule has 5 atom stereocenters. The van der Waals surface area contributed by atoms with Gasteiger partial charge in [0.25, 0.3) is 0 Å². The Morgan fingerprint density at radius 1 is 1.09 bits per heavy atom. The van der Waals surface area contributed by atoms with Gasteiger partial charge in [-0.2, -0.15) is 0 Å². The average molecular weight is 316 g/mol. The van der Waals surface area contributed by atoms with Crippen molar-refractivity contribution >= 4 is 11.6 Å². The number of ketones is 2. The third-order valence-electron chi connectivity index (χ3n) is 7.58. The minimum atomic E-state index is -0.573. The predicted molar refractivity (Wildman–Crippen MR) is 87.9 cm³/mol. The van der Waals surface area contributed by atoms with Crippen molar-refractivity contribution in [3.8, 4) is 0 Å². The van der Waals surface area contributed by atoms with E-state index in [2.05, 4.69) is 27.4 Å². The van der Waals surface area contributed by atoms with Crippen LogP contribution >= 0.6 is 0 Å². The molecule has 1 saturated heterocycles. The number of rotatable bonds is 0. The van der Waals surface area contributed by atoms with Crippen LogP contribution in [0, 0.1) is 22.7 Å². The van der Waals surface area contributed by atoms with Crippen LogP contribution in [0.25, 0.3) is 0 Å². The predicted octanol–water partition coefficient (Wildman–Crippen LogP) is 3.85. The minimum Gasteiger partial charge on any atom is -0.357 e. The van der Waals surface area contributed by atoms with Gasteiger partial charge in [0.15, 0.2) is 11.4 Å². The highest BCUT2D eigenvalue weighted by Crippen LogP contribution is 2.61. The smallest absolute Gasteiger partial charge is 0.193 e. The number of Topliss-reactive ketones (excluding diaryl/α,β-unsaturated/α-hetero) is 2. The average Bonchev–Trinajstić information content (AvgIpc) is 3.15. The molecule has 0 aromatic heterocycles. The lowest BCUT2D eigenvalue weighted by Crippen LogP contribution is -2.47. The van der Waals surface area contributed by atoms with E-state index in [1.807, 2.05) is 0 Å². The number of carbonyl (C=O) groups excluding carboxylic acids is 2. The number of hydrogen-bond donors (Lipinski definition) is 0. The third kappa shape index (κ3) is 1.92. The zero-order valence-corrected chi connectivity index (χ0v) is 14.6. The Hall–Kier alpha value is -0.960. The molecule has 0 radical (unpaired) electrons. The van der Waals surface area contributed by atoms with Crippen molar-refractivity contribution in [1.82, 2.24) is 0 Å². The number of fused-ring (bicyclic) bond motifs is 1. The Labute approximate surface area is 138 Å². The maximum absolute atomic E-state index is 13.1. The van der Waals surface area contributed by atoms with Crippen LogP contribution in [-0.4, -0.2) is 23.3 Å². The van der Waals surface area contributed by atoms with Crippen LogP contribution < -0.4 is 0 Å². The first kappa shape index (κ1) is 15.6. The van der Waals surface area contributed by atoms with E-state index < -0.39 is 5.60 Å². The molecule has 1 aliphatic heterocycles. The monoisotopic (exact) mass is 316 g/mol. The fraction of sp³-hybridized carbons (Fsp3) is 0.800. The highest BCUT2D eigenvalue weighted by molar-refractivity contribution is 6.07. The Kier molecular flexibility index (Phi) is 3.09. The summed E-state index contributed by atoms with van der Waals surface area (Å²) >= 11 is 0. The summed E-state index contributed by atoms with van der Waals surface area (Å²) in [5.41, 5.74) is 0.0601. The molecule has 0 unspecified atom stereocenters. The van der Waals surface area contributed by atoms with Crippen LogP contribution in [0.15, 0.2) is 12.2 Å². The largest absolute Gasteiger partial charge is 0.357 e. The zero-order chi connectivity index (χ0) is 16.6. The van der Waals surface area contributed by atoms with Crippen molar-refractivity contribution in [1.29, 1.82) is 0 Å². The standard InChI is InChI=1S/C20H28O3/c1-12-13-6-7-15(21)19(4)10-5-9-18(2,3)14(19)8-11-20(16(12)22)17(13)23-20/h13-14,17H,1,5-11H2,2-4H3/t13-,14-,17+,19-,20-/m0/s1. The molecular weight excluding hydrogens is 288 g/mol. The van der Waals surface area contributed by atoms with Gasteiger partial charge in [0.2, 0.25) is 0 Å². The maximum atomic E-state index is 13.1. The minimum absolute atomic E-state index is 0.00589. The summed E-state index contributed by atoms with van der Waals surface area (Å²) < 4.78 is 5.91. The number of carbonyl (C=O) groups is 2. The van der Waals surface area contributed by atoms with Gasteiger partial charge in [-0.3, -0.25) is 9.59 Å². The Balaban J connectivity index is 1.72. The highest BCUT2D eigenvalue weighted by Gasteiger charge is 2.71. The summed E-state index contributed by atoms with van der Waals surface area (Å²) in [6.45, 7) is 10.8. The summed E-state index contributed by atoms with van der Waals surface area (Å²) in [7, 11) is 0. The molecule has 126 valence electrons. The second-order valence-corrected chi connectivity index (χ2v) is 9.20. The van der Waals surface area contributed by atoms with E-state index in [1.165, 1.54) is 6.42 Å². The summed E-state index contributed by atoms with van der Waals surface area (Å²) in [6.07, 6.45) is 6.28. The molecule has 1 heterocycles. The fourth-order valence-electron chi connectivity index (χ4n) is 6.14. The second kappa shape index (κ2) is 4.56. The quantitative estimate of drug-likeness (QED) is 0.503. The van der Waals surface area contributed by atoms with Crippen LogP contribution in [0.2, 0.25) is 0 Å². The first-order valence-corrected chi connectivity index (χ1v) is 9.17. The normalized spacial score (nSPS) is 48.7. The lowest BCUT2D eigenvalue weighted by molar-refractivity contribution is -0.139. The zero-order valence-electron chi connectivity index (χ0n) is 14.6. The molecule has 3 heteroatoms. The molecule has 3 saturated carbocycles. The molecular formula is C20H28O3. The maximum Gasteiger partial charge on any atom is 0.193 e. The van der Waals surface area contributed by atoms with Gasteiger partial charge < -0.3 is 4.74 Å². The van der Waals surface area contributed by atoms with Crippen molar-refractivity contribution in [2.24, 2.45) is 22.7 Å². The molecule has 3 aliphatic carbocycles. The van der Waals surface area contributed by atoms with Gasteiger partial charge in [-0.15, -0.1) is 0 Å². The topological polar surface area (TPSA) is 46.7 Å². The highest BCUT2D eigenvalue weighted by atomic mass is 16.6. The SMILES string of the molecule is C=C1C(=O)[C@@]23CC[C@H]4C(C)(C)CCC[C@]4(C)C(=O)CC[C@@H]1[C@H]2O3. The molecule has 23 heavy (non-hydrogen) atoms. The van der Waals surface area contributed by atoms with Crippen LogP contribution in [-0.2, 0) is 14.3 Å². The van der Waals surface area contributed by atoms with Crippen molar-refractivity contribution in [3.05, 3.63) is 12.2 Å². The Morgan fingerprint density at radius 2 is 1.83 bits per heavy atom. The molecule has 4 fully saturated rings. The Bertz CT molecular complexity index is 604. The summed E-state index contributed by atoms with van der Waals surface area (Å²) in [4.78, 5) is 25.8. The number of epoxide rings is 1. The molecule has 4 rings (SSSR count). The van der Waals surface area contributed by atoms with Crippen molar-refractivity contribution < 1.29 is 14.3 Å². The van der Waals surface area contributed by atoms with E-state index >= 15 is 0 Å². The van der Waals surface area contributed by atoms with Gasteiger partial charge in [-0.25, -0.2) is 0 Å². The van der Waals surface area contributed by atoms with Crippen molar-refractivity contribution in [2.75, 3.05) is 0 Å². The fourth-order valence-corrected chi connectivity index (χ4v) is 6.14. The van der Waals surface area contributed by atoms with Gasteiger partial charge >= 0.3 is 0 Å². The lowest BCUT2D eigenvalue weighted by atomic mass is 9.53. The second-order valence-electron chi connectivity index (χ2n) is 9.20. The van der Waals surface area contributed by atoms with Gasteiger partial charge in [0.05, 0.1) is 0 Å². The van der Waals surface area contributed by atoms with Gasteiger partial charge in [-0.05, 0) is 49.0 Å². The van der Waals surface area contributed by atoms with E-state index in [1.54, 1.807) is 0 Å². The molecule has 2 bridgehead atoms. The Morgan fingerprint density at radius 3 is 2.57 bits per heavy atom. The van der Waals surface area contributed by atoms with E-state index in [0.29, 0.717) is 23.7 Å². The van der Waals surface area contributed by atoms with Crippen LogP contribution in [0.5, 0.6) is 0 Å². The van der Waals surface area contributed by atoms with E-state index in [0.717, 1.165) is 32.1 Å². The number of ether oxygens (including phenoxy) is 1. The van der Waals surface area contributed by atoms with Crippen LogP contribution in [0.1, 0.15) is 65.7 Å². The summed E-state index contributed by atoms with van der Waals surface area (Å²) in [6, 6.07) is 0. The first-order valence-electron chi connectivity index (χ1n) is 9.17. The molecule has 0 N–H and O–H groups in total. The van der Waals surface area contributed by atoms with E-state index in [4.69, 9.17) is 4.74 Å². The van der Waals surface area contributed by atoms with Gasteiger partial charge in [0.1, 0.15) is 11.9 Å². The van der Waals surface area contributed by atoms with Crippen molar-refractivity contribution in [3.63, 3.8) is 0 Å². The van der Waals surface area contributed by atoms with Crippen LogP contribution in [0.3, 0.4) is 0 Å². The van der Waals surface area contributed by atoms with Gasteiger partial charge in [-0.1, -0.05) is 33.8 Å². The summed E-state index contributed by atoms with van der Waals surface area (Å²) in [5, 5.41) is 0. The molecule has 4 aliphatic rings. The molecule has 0 aromatic carbocycles. The third-order valence-corrected chi connectivity index (χ3v) is 7.58. The molecule has 0 spiro atoms. The summed E-state index contributed by atoms with van der Waals surface area (Å²) in [5.74, 6) is 0.935. The van der Waals surface area contributed by atoms with E-state index in [9.17, 15) is 9.59 Å². The number of hydrogen-bond acceptors (Lipinski definition) is 3. The first-order chi connectivity index (χ1) is 10.7. The molecule has 0 amide bonds. The van der Waals surface area contributed by atoms with E-state index in [-0.39, 0.29) is 28.6 Å². The molecule has 0 aromatic rings. The van der Waals surface area contributed by atoms with Crippen molar-refractivity contribution in [2.45, 2.75) is 77.4 Å². The van der Waals surface area contributed by atoms with Gasteiger partial charge in [0, 0.05) is 17.8 Å². The molecule has 3 nitrogen and oxygen atoms in total. The lowest BCUT2D eigenvalue weighted by Gasteiger charge is -2.50.